The summed E-state index contributed by atoms with van der Waals surface area (Å²) in [5.41, 5.74) is 7.65. The van der Waals surface area contributed by atoms with Crippen molar-refractivity contribution in [3.63, 3.8) is 0 Å². The van der Waals surface area contributed by atoms with E-state index in [0.717, 1.165) is 15.5 Å². The molecule has 82 valence electrons. The van der Waals surface area contributed by atoms with E-state index in [4.69, 9.17) is 5.73 Å². The third-order valence-electron chi connectivity index (χ3n) is 2.25. The molecule has 0 saturated heterocycles. The molecule has 0 bridgehead atoms. The summed E-state index contributed by atoms with van der Waals surface area (Å²) in [6, 6.07) is 12.3. The Morgan fingerprint density at radius 3 is 2.44 bits per heavy atom. The van der Waals surface area contributed by atoms with Crippen molar-refractivity contribution >= 4 is 17.4 Å². The van der Waals surface area contributed by atoms with Gasteiger partial charge in [0, 0.05) is 15.5 Å². The Labute approximate surface area is 98.5 Å². The van der Waals surface area contributed by atoms with Gasteiger partial charge in [-0.1, -0.05) is 17.8 Å². The second kappa shape index (κ2) is 4.58. The van der Waals surface area contributed by atoms with Gasteiger partial charge < -0.3 is 5.73 Å². The minimum Gasteiger partial charge on any atom is -0.399 e. The summed E-state index contributed by atoms with van der Waals surface area (Å²) in [5.74, 6) is -0.214. The van der Waals surface area contributed by atoms with Crippen LogP contribution in [0.25, 0.3) is 0 Å². The van der Waals surface area contributed by atoms with Crippen LogP contribution in [0.3, 0.4) is 0 Å². The van der Waals surface area contributed by atoms with Crippen molar-refractivity contribution in [3.05, 3.63) is 53.8 Å². The molecular weight excluding hydrogens is 221 g/mol. The van der Waals surface area contributed by atoms with Gasteiger partial charge >= 0.3 is 0 Å². The van der Waals surface area contributed by atoms with Crippen LogP contribution in [0, 0.1) is 12.7 Å². The lowest BCUT2D eigenvalue weighted by atomic mass is 10.2. The molecular formula is C13H12FNS. The molecule has 0 saturated carbocycles. The van der Waals surface area contributed by atoms with Gasteiger partial charge in [-0.3, -0.25) is 0 Å². The van der Waals surface area contributed by atoms with Crippen molar-refractivity contribution in [3.8, 4) is 0 Å². The zero-order chi connectivity index (χ0) is 11.5. The van der Waals surface area contributed by atoms with Crippen LogP contribution in [0.5, 0.6) is 0 Å². The number of aryl methyl sites for hydroxylation is 1. The molecule has 0 aliphatic rings. The Kier molecular flexibility index (Phi) is 3.15. The lowest BCUT2D eigenvalue weighted by Gasteiger charge is -2.06. The van der Waals surface area contributed by atoms with Crippen LogP contribution >= 0.6 is 11.8 Å². The van der Waals surface area contributed by atoms with E-state index < -0.39 is 0 Å². The van der Waals surface area contributed by atoms with Crippen molar-refractivity contribution in [2.45, 2.75) is 16.7 Å². The maximum absolute atomic E-state index is 12.7. The van der Waals surface area contributed by atoms with Crippen LogP contribution < -0.4 is 5.73 Å². The Bertz CT molecular complexity index is 494. The van der Waals surface area contributed by atoms with E-state index in [0.29, 0.717) is 0 Å². The van der Waals surface area contributed by atoms with Crippen LogP contribution in [0.4, 0.5) is 10.1 Å². The molecule has 1 nitrogen and oxygen atoms in total. The largest absolute Gasteiger partial charge is 0.399 e. The summed E-state index contributed by atoms with van der Waals surface area (Å²) >= 11 is 1.59. The smallest absolute Gasteiger partial charge is 0.123 e. The third kappa shape index (κ3) is 2.55. The Morgan fingerprint density at radius 1 is 1.06 bits per heavy atom. The number of nitrogens with two attached hydrogens (primary N) is 1. The Hall–Kier alpha value is -1.48. The first-order valence-corrected chi connectivity index (χ1v) is 5.76. The number of nitrogen functional groups attached to an aromatic ring is 1. The molecule has 0 atom stereocenters. The Balaban J connectivity index is 2.26. The number of hydrogen-bond donors (Lipinski definition) is 1. The maximum Gasteiger partial charge on any atom is 0.123 e. The van der Waals surface area contributed by atoms with E-state index in [9.17, 15) is 4.39 Å². The van der Waals surface area contributed by atoms with E-state index in [1.165, 1.54) is 17.7 Å². The molecule has 2 aromatic carbocycles. The number of rotatable bonds is 2. The maximum atomic E-state index is 12.7. The van der Waals surface area contributed by atoms with E-state index in [2.05, 4.69) is 0 Å². The normalized spacial score (nSPS) is 10.4. The van der Waals surface area contributed by atoms with Gasteiger partial charge in [0.15, 0.2) is 0 Å². The number of hydrogen-bond acceptors (Lipinski definition) is 2. The van der Waals surface area contributed by atoms with Gasteiger partial charge in [-0.05, 0) is 48.9 Å². The van der Waals surface area contributed by atoms with Gasteiger partial charge in [0.05, 0.1) is 0 Å². The SMILES string of the molecule is Cc1ccc(N)cc1Sc1ccc(F)cc1. The second-order valence-electron chi connectivity index (χ2n) is 3.58. The average Bonchev–Trinajstić information content (AvgIpc) is 2.27. The van der Waals surface area contributed by atoms with Crippen molar-refractivity contribution in [2.24, 2.45) is 0 Å². The molecule has 2 aromatic rings. The summed E-state index contributed by atoms with van der Waals surface area (Å²) in [6.45, 7) is 2.03. The fraction of sp³-hybridized carbons (Fsp3) is 0.0769. The van der Waals surface area contributed by atoms with Gasteiger partial charge in [-0.2, -0.15) is 0 Å². The molecule has 0 aromatic heterocycles. The molecule has 3 heteroatoms. The summed E-state index contributed by atoms with van der Waals surface area (Å²) in [4.78, 5) is 2.11. The molecule has 0 heterocycles. The molecule has 0 aliphatic heterocycles. The van der Waals surface area contributed by atoms with E-state index in [1.807, 2.05) is 25.1 Å². The van der Waals surface area contributed by atoms with Crippen LogP contribution in [0.1, 0.15) is 5.56 Å². The van der Waals surface area contributed by atoms with Crippen LogP contribution in [0.15, 0.2) is 52.3 Å². The topological polar surface area (TPSA) is 26.0 Å². The van der Waals surface area contributed by atoms with Gasteiger partial charge in [0.2, 0.25) is 0 Å². The predicted molar refractivity (Wildman–Crippen MR) is 66.1 cm³/mol. The Morgan fingerprint density at radius 2 is 1.75 bits per heavy atom. The highest BCUT2D eigenvalue weighted by Gasteiger charge is 2.02. The van der Waals surface area contributed by atoms with E-state index in [1.54, 1.807) is 23.9 Å². The molecule has 0 aliphatic carbocycles. The summed E-state index contributed by atoms with van der Waals surface area (Å²) in [5, 5.41) is 0. The van der Waals surface area contributed by atoms with Crippen molar-refractivity contribution < 1.29 is 4.39 Å². The highest BCUT2D eigenvalue weighted by atomic mass is 32.2. The van der Waals surface area contributed by atoms with Gasteiger partial charge in [-0.15, -0.1) is 0 Å². The van der Waals surface area contributed by atoms with Crippen molar-refractivity contribution in [1.82, 2.24) is 0 Å². The summed E-state index contributed by atoms with van der Waals surface area (Å²) in [6.07, 6.45) is 0. The van der Waals surface area contributed by atoms with Crippen LogP contribution in [-0.2, 0) is 0 Å². The molecule has 0 spiro atoms. The van der Waals surface area contributed by atoms with Crippen molar-refractivity contribution in [2.75, 3.05) is 5.73 Å². The average molecular weight is 233 g/mol. The van der Waals surface area contributed by atoms with Crippen LogP contribution in [0.2, 0.25) is 0 Å². The van der Waals surface area contributed by atoms with E-state index in [-0.39, 0.29) is 5.82 Å². The minimum absolute atomic E-state index is 0.214. The number of anilines is 1. The monoisotopic (exact) mass is 233 g/mol. The highest BCUT2D eigenvalue weighted by molar-refractivity contribution is 7.99. The second-order valence-corrected chi connectivity index (χ2v) is 4.70. The van der Waals surface area contributed by atoms with Crippen LogP contribution in [-0.4, -0.2) is 0 Å². The lowest BCUT2D eigenvalue weighted by molar-refractivity contribution is 0.626. The van der Waals surface area contributed by atoms with E-state index >= 15 is 0 Å². The first-order chi connectivity index (χ1) is 7.65. The quantitative estimate of drug-likeness (QED) is 0.797. The lowest BCUT2D eigenvalue weighted by Crippen LogP contribution is -1.87. The van der Waals surface area contributed by atoms with Gasteiger partial charge in [-0.25, -0.2) is 4.39 Å². The molecule has 16 heavy (non-hydrogen) atoms. The minimum atomic E-state index is -0.214. The molecule has 0 fully saturated rings. The number of benzene rings is 2. The standard InChI is InChI=1S/C13H12FNS/c1-9-2-5-11(15)8-13(9)16-12-6-3-10(14)4-7-12/h2-8H,15H2,1H3. The fourth-order valence-electron chi connectivity index (χ4n) is 1.36. The zero-order valence-electron chi connectivity index (χ0n) is 8.91. The number of halogens is 1. The molecule has 0 unspecified atom stereocenters. The van der Waals surface area contributed by atoms with Gasteiger partial charge in [0.25, 0.3) is 0 Å². The first-order valence-electron chi connectivity index (χ1n) is 4.95. The molecule has 0 amide bonds. The zero-order valence-corrected chi connectivity index (χ0v) is 9.72. The third-order valence-corrected chi connectivity index (χ3v) is 3.42. The predicted octanol–water partition coefficient (Wildman–Crippen LogP) is 3.87. The summed E-state index contributed by atoms with van der Waals surface area (Å²) in [7, 11) is 0. The highest BCUT2D eigenvalue weighted by Crippen LogP contribution is 2.31. The molecule has 2 rings (SSSR count). The molecule has 2 N–H and O–H groups in total. The first kappa shape index (κ1) is 11.0. The summed E-state index contributed by atoms with van der Waals surface area (Å²) < 4.78 is 12.7. The van der Waals surface area contributed by atoms with Crippen molar-refractivity contribution in [1.29, 1.82) is 0 Å². The van der Waals surface area contributed by atoms with Gasteiger partial charge in [0.1, 0.15) is 5.82 Å². The molecule has 0 radical (unpaired) electrons. The fourth-order valence-corrected chi connectivity index (χ4v) is 2.31.